The summed E-state index contributed by atoms with van der Waals surface area (Å²) in [4.78, 5) is 0. The van der Waals surface area contributed by atoms with Crippen LogP contribution in [0.1, 0.15) is 38.8 Å². The second-order valence-corrected chi connectivity index (χ2v) is 2.55. The molecule has 0 heterocycles. The van der Waals surface area contributed by atoms with E-state index < -0.39 is 0 Å². The normalized spacial score (nSPS) is 7.60. The minimum Gasteiger partial charge on any atom is -0.465 e. The van der Waals surface area contributed by atoms with E-state index >= 15 is 0 Å². The lowest BCUT2D eigenvalue weighted by molar-refractivity contribution is 0.479. The van der Waals surface area contributed by atoms with Crippen molar-refractivity contribution in [3.8, 4) is 5.75 Å². The molecule has 1 aromatic rings. The van der Waals surface area contributed by atoms with Crippen molar-refractivity contribution >= 4 is 0 Å². The quantitative estimate of drug-likeness (QED) is 0.629. The van der Waals surface area contributed by atoms with E-state index in [1.54, 1.807) is 0 Å². The topological polar surface area (TPSA) is 9.23 Å². The second-order valence-electron chi connectivity index (χ2n) is 2.55. The Morgan fingerprint density at radius 1 is 1.07 bits per heavy atom. The Hall–Kier alpha value is -1.24. The van der Waals surface area contributed by atoms with Gasteiger partial charge in [-0.2, -0.15) is 0 Å². The fourth-order valence-electron chi connectivity index (χ4n) is 0.924. The summed E-state index contributed by atoms with van der Waals surface area (Å²) in [6.45, 7) is 15.6. The fraction of sp³-hybridized carbons (Fsp3) is 0.429. The van der Waals surface area contributed by atoms with E-state index in [1.807, 2.05) is 53.7 Å². The standard InChI is InChI=1S/C10H12O.2C2H6/c1-4-11-10-7-8(2)5-6-9(10)3;2*1-2/h4-7H,1H2,2-3H3;2*1-2H3. The minimum absolute atomic E-state index is 0.889. The van der Waals surface area contributed by atoms with Crippen molar-refractivity contribution in [2.24, 2.45) is 0 Å². The van der Waals surface area contributed by atoms with Gasteiger partial charge in [-0.3, -0.25) is 0 Å². The van der Waals surface area contributed by atoms with Crippen LogP contribution in [0.25, 0.3) is 0 Å². The van der Waals surface area contributed by atoms with E-state index in [0.717, 1.165) is 11.3 Å². The highest BCUT2D eigenvalue weighted by atomic mass is 16.5. The molecule has 0 amide bonds. The molecule has 1 nitrogen and oxygen atoms in total. The molecular formula is C14H24O. The molecular weight excluding hydrogens is 184 g/mol. The van der Waals surface area contributed by atoms with Crippen LogP contribution in [0, 0.1) is 13.8 Å². The molecule has 86 valence electrons. The van der Waals surface area contributed by atoms with Crippen LogP contribution >= 0.6 is 0 Å². The second kappa shape index (κ2) is 10.8. The van der Waals surface area contributed by atoms with Gasteiger partial charge < -0.3 is 4.74 Å². The average molecular weight is 208 g/mol. The number of ether oxygens (including phenoxy) is 1. The fourth-order valence-corrected chi connectivity index (χ4v) is 0.924. The third kappa shape index (κ3) is 6.78. The first kappa shape index (κ1) is 16.2. The van der Waals surface area contributed by atoms with Crippen molar-refractivity contribution < 1.29 is 4.74 Å². The largest absolute Gasteiger partial charge is 0.465 e. The van der Waals surface area contributed by atoms with E-state index in [2.05, 4.69) is 12.6 Å². The molecule has 0 saturated heterocycles. The Kier molecular flexibility index (Phi) is 11.7. The average Bonchev–Trinajstić information content (AvgIpc) is 2.29. The zero-order valence-corrected chi connectivity index (χ0v) is 10.9. The molecule has 0 aliphatic heterocycles. The number of rotatable bonds is 2. The predicted octanol–water partition coefficient (Wildman–Crippen LogP) is 4.88. The van der Waals surface area contributed by atoms with Crippen LogP contribution in [0.3, 0.4) is 0 Å². The summed E-state index contributed by atoms with van der Waals surface area (Å²) in [6, 6.07) is 6.09. The molecule has 0 aliphatic rings. The molecule has 0 atom stereocenters. The van der Waals surface area contributed by atoms with Gasteiger partial charge in [0, 0.05) is 0 Å². The Morgan fingerprint density at radius 2 is 1.60 bits per heavy atom. The highest BCUT2D eigenvalue weighted by Gasteiger charge is 1.96. The molecule has 0 bridgehead atoms. The third-order valence-corrected chi connectivity index (χ3v) is 1.55. The zero-order chi connectivity index (χ0) is 12.3. The van der Waals surface area contributed by atoms with Crippen molar-refractivity contribution in [3.63, 3.8) is 0 Å². The van der Waals surface area contributed by atoms with Gasteiger partial charge in [0.15, 0.2) is 0 Å². The molecule has 15 heavy (non-hydrogen) atoms. The van der Waals surface area contributed by atoms with Crippen LogP contribution in [-0.2, 0) is 0 Å². The Balaban J connectivity index is 0. The predicted molar refractivity (Wildman–Crippen MR) is 69.4 cm³/mol. The van der Waals surface area contributed by atoms with Gasteiger partial charge in [-0.25, -0.2) is 0 Å². The molecule has 0 fully saturated rings. The monoisotopic (exact) mass is 208 g/mol. The molecule has 1 aromatic carbocycles. The molecule has 1 heteroatoms. The maximum atomic E-state index is 5.18. The molecule has 0 aliphatic carbocycles. The van der Waals surface area contributed by atoms with E-state index in [-0.39, 0.29) is 0 Å². The maximum Gasteiger partial charge on any atom is 0.129 e. The van der Waals surface area contributed by atoms with Gasteiger partial charge in [0.25, 0.3) is 0 Å². The zero-order valence-electron chi connectivity index (χ0n) is 10.9. The minimum atomic E-state index is 0.889. The summed E-state index contributed by atoms with van der Waals surface area (Å²) in [5.74, 6) is 0.889. The lowest BCUT2D eigenvalue weighted by Crippen LogP contribution is -1.85. The van der Waals surface area contributed by atoms with Crippen LogP contribution in [-0.4, -0.2) is 0 Å². The van der Waals surface area contributed by atoms with Crippen LogP contribution in [0.2, 0.25) is 0 Å². The number of benzene rings is 1. The summed E-state index contributed by atoms with van der Waals surface area (Å²) in [7, 11) is 0. The SMILES string of the molecule is C=COc1cc(C)ccc1C.CC.CC. The summed E-state index contributed by atoms with van der Waals surface area (Å²) in [6.07, 6.45) is 1.45. The van der Waals surface area contributed by atoms with Crippen LogP contribution in [0.4, 0.5) is 0 Å². The summed E-state index contributed by atoms with van der Waals surface area (Å²) < 4.78 is 5.18. The van der Waals surface area contributed by atoms with E-state index in [0.29, 0.717) is 0 Å². The molecule has 0 radical (unpaired) electrons. The summed E-state index contributed by atoms with van der Waals surface area (Å²) >= 11 is 0. The van der Waals surface area contributed by atoms with Gasteiger partial charge >= 0.3 is 0 Å². The molecule has 0 saturated carbocycles. The smallest absolute Gasteiger partial charge is 0.129 e. The highest BCUT2D eigenvalue weighted by Crippen LogP contribution is 2.18. The maximum absolute atomic E-state index is 5.18. The van der Waals surface area contributed by atoms with Gasteiger partial charge in [0.05, 0.1) is 6.26 Å². The van der Waals surface area contributed by atoms with Crippen molar-refractivity contribution in [2.75, 3.05) is 0 Å². The Labute approximate surface area is 94.8 Å². The Bertz CT molecular complexity index is 264. The van der Waals surface area contributed by atoms with Crippen molar-refractivity contribution in [1.29, 1.82) is 0 Å². The van der Waals surface area contributed by atoms with Gasteiger partial charge in [-0.1, -0.05) is 46.4 Å². The van der Waals surface area contributed by atoms with Crippen molar-refractivity contribution in [1.82, 2.24) is 0 Å². The summed E-state index contributed by atoms with van der Waals surface area (Å²) in [5, 5.41) is 0. The molecule has 1 rings (SSSR count). The third-order valence-electron chi connectivity index (χ3n) is 1.55. The number of hydrogen-bond donors (Lipinski definition) is 0. The van der Waals surface area contributed by atoms with Gasteiger partial charge in [-0.15, -0.1) is 0 Å². The van der Waals surface area contributed by atoms with Crippen LogP contribution in [0.15, 0.2) is 31.0 Å². The first-order chi connectivity index (χ1) is 7.24. The molecule has 0 N–H and O–H groups in total. The van der Waals surface area contributed by atoms with Gasteiger partial charge in [0.2, 0.25) is 0 Å². The number of hydrogen-bond acceptors (Lipinski definition) is 1. The van der Waals surface area contributed by atoms with Crippen LogP contribution < -0.4 is 4.74 Å². The van der Waals surface area contributed by atoms with Crippen LogP contribution in [0.5, 0.6) is 5.75 Å². The van der Waals surface area contributed by atoms with Gasteiger partial charge in [-0.05, 0) is 31.0 Å². The molecule has 0 aromatic heterocycles. The lowest BCUT2D eigenvalue weighted by atomic mass is 10.1. The number of aryl methyl sites for hydroxylation is 2. The molecule has 0 spiro atoms. The Morgan fingerprint density at radius 3 is 2.07 bits per heavy atom. The van der Waals surface area contributed by atoms with Crippen molar-refractivity contribution in [3.05, 3.63) is 42.2 Å². The summed E-state index contributed by atoms with van der Waals surface area (Å²) in [5.41, 5.74) is 2.34. The first-order valence-corrected chi connectivity index (χ1v) is 5.59. The van der Waals surface area contributed by atoms with Crippen molar-refractivity contribution in [2.45, 2.75) is 41.5 Å². The van der Waals surface area contributed by atoms with Gasteiger partial charge in [0.1, 0.15) is 5.75 Å². The van der Waals surface area contributed by atoms with E-state index in [9.17, 15) is 0 Å². The lowest BCUT2D eigenvalue weighted by Gasteiger charge is -2.04. The first-order valence-electron chi connectivity index (χ1n) is 5.59. The molecule has 0 unspecified atom stereocenters. The van der Waals surface area contributed by atoms with E-state index in [4.69, 9.17) is 4.74 Å². The van der Waals surface area contributed by atoms with E-state index in [1.165, 1.54) is 11.8 Å². The highest BCUT2D eigenvalue weighted by molar-refractivity contribution is 5.36.